The topological polar surface area (TPSA) is 75.5 Å². The molecule has 2 aliphatic rings. The largest absolute Gasteiger partial charge is 0.497 e. The molecule has 194 valence electrons. The Morgan fingerprint density at radius 1 is 1.17 bits per heavy atom. The molecule has 0 spiro atoms. The molecule has 0 amide bonds. The minimum atomic E-state index is -1.44. The van der Waals surface area contributed by atoms with E-state index in [1.165, 1.54) is 19.3 Å². The number of pyridine rings is 1. The number of hydrogen-bond donors (Lipinski definition) is 0. The zero-order valence-corrected chi connectivity index (χ0v) is 23.2. The quantitative estimate of drug-likeness (QED) is 0.394. The van der Waals surface area contributed by atoms with E-state index >= 15 is 0 Å². The van der Waals surface area contributed by atoms with E-state index in [-0.39, 0.29) is 22.7 Å². The molecule has 8 heteroatoms. The Balaban J connectivity index is 1.50. The first-order valence-electron chi connectivity index (χ1n) is 12.6. The summed E-state index contributed by atoms with van der Waals surface area (Å²) in [6, 6.07) is 5.73. The molecule has 2 fully saturated rings. The Morgan fingerprint density at radius 3 is 2.61 bits per heavy atom. The van der Waals surface area contributed by atoms with Gasteiger partial charge in [-0.3, -0.25) is 13.8 Å². The molecule has 4 atom stereocenters. The molecular formula is C28H37N3O4S. The fraction of sp³-hybridized carbons (Fsp3) is 0.571. The van der Waals surface area contributed by atoms with E-state index in [0.717, 1.165) is 39.4 Å². The molecule has 3 aromatic rings. The van der Waals surface area contributed by atoms with Crippen molar-refractivity contribution in [3.8, 4) is 11.5 Å². The standard InChI is InChI=1S/C28H37N3O4S/c1-17-14-29-22(18(2)24(17)34-7)15-36(32)26-30-21-9-8-20(33-6)12-23(21)31(26)16-35-25-27(3,4)19-10-11-28(25,5)13-19/h8-9,12,14,19,25H,10-11,13,15-16H2,1-7H3/t19-,25+,28+,36?/m0/s1. The fourth-order valence-corrected chi connectivity index (χ4v) is 8.00. The number of imidazole rings is 1. The van der Waals surface area contributed by atoms with Crippen LogP contribution in [0.15, 0.2) is 29.6 Å². The zero-order valence-electron chi connectivity index (χ0n) is 22.4. The van der Waals surface area contributed by atoms with Crippen LogP contribution in [0.2, 0.25) is 0 Å². The molecule has 2 heterocycles. The van der Waals surface area contributed by atoms with Crippen molar-refractivity contribution in [3.63, 3.8) is 0 Å². The van der Waals surface area contributed by atoms with Crippen molar-refractivity contribution < 1.29 is 18.4 Å². The van der Waals surface area contributed by atoms with Crippen LogP contribution >= 0.6 is 0 Å². The maximum Gasteiger partial charge on any atom is 0.202 e. The Bertz CT molecular complexity index is 1330. The van der Waals surface area contributed by atoms with E-state index in [9.17, 15) is 4.21 Å². The Morgan fingerprint density at radius 2 is 1.94 bits per heavy atom. The van der Waals surface area contributed by atoms with Gasteiger partial charge in [0.15, 0.2) is 0 Å². The predicted octanol–water partition coefficient (Wildman–Crippen LogP) is 5.56. The highest BCUT2D eigenvalue weighted by atomic mass is 32.2. The third-order valence-corrected chi connectivity index (χ3v) is 9.90. The molecule has 7 nitrogen and oxygen atoms in total. The number of fused-ring (bicyclic) bond motifs is 3. The average molecular weight is 512 g/mol. The minimum absolute atomic E-state index is 0.111. The lowest BCUT2D eigenvalue weighted by atomic mass is 9.70. The van der Waals surface area contributed by atoms with Gasteiger partial charge >= 0.3 is 0 Å². The number of rotatable bonds is 8. The Labute approximate surface area is 216 Å². The fourth-order valence-electron chi connectivity index (χ4n) is 6.73. The summed E-state index contributed by atoms with van der Waals surface area (Å²) >= 11 is 0. The van der Waals surface area contributed by atoms with Crippen LogP contribution in [0.25, 0.3) is 11.0 Å². The first kappa shape index (κ1) is 25.2. The van der Waals surface area contributed by atoms with Crippen molar-refractivity contribution in [3.05, 3.63) is 41.2 Å². The molecule has 0 N–H and O–H groups in total. The highest BCUT2D eigenvalue weighted by molar-refractivity contribution is 7.84. The van der Waals surface area contributed by atoms with Crippen LogP contribution in [0, 0.1) is 30.6 Å². The van der Waals surface area contributed by atoms with Gasteiger partial charge in [-0.2, -0.15) is 0 Å². The molecule has 2 bridgehead atoms. The second-order valence-corrected chi connectivity index (χ2v) is 12.6. The van der Waals surface area contributed by atoms with Gasteiger partial charge in [-0.15, -0.1) is 0 Å². The average Bonchev–Trinajstić information content (AvgIpc) is 3.47. The summed E-state index contributed by atoms with van der Waals surface area (Å²) in [5.41, 5.74) is 4.53. The van der Waals surface area contributed by atoms with Gasteiger partial charge in [0.25, 0.3) is 0 Å². The number of aromatic nitrogens is 3. The van der Waals surface area contributed by atoms with Gasteiger partial charge in [-0.05, 0) is 62.0 Å². The second-order valence-electron chi connectivity index (χ2n) is 11.3. The van der Waals surface area contributed by atoms with Gasteiger partial charge in [0.2, 0.25) is 5.16 Å². The number of hydrogen-bond acceptors (Lipinski definition) is 6. The van der Waals surface area contributed by atoms with Crippen LogP contribution in [-0.4, -0.2) is 39.1 Å². The normalized spacial score (nSPS) is 25.4. The van der Waals surface area contributed by atoms with Crippen molar-refractivity contribution in [1.82, 2.24) is 14.5 Å². The highest BCUT2D eigenvalue weighted by Crippen LogP contribution is 2.63. The van der Waals surface area contributed by atoms with Gasteiger partial charge < -0.3 is 14.2 Å². The summed E-state index contributed by atoms with van der Waals surface area (Å²) in [6.07, 6.45) is 5.59. The van der Waals surface area contributed by atoms with Crippen molar-refractivity contribution in [2.24, 2.45) is 16.7 Å². The molecule has 1 unspecified atom stereocenters. The van der Waals surface area contributed by atoms with Crippen LogP contribution in [0.5, 0.6) is 11.5 Å². The number of aryl methyl sites for hydroxylation is 1. The van der Waals surface area contributed by atoms with Gasteiger partial charge in [0, 0.05) is 23.4 Å². The molecule has 0 saturated heterocycles. The molecule has 1 aromatic carbocycles. The number of benzene rings is 1. The summed E-state index contributed by atoms with van der Waals surface area (Å²) in [4.78, 5) is 9.35. The lowest BCUT2D eigenvalue weighted by Gasteiger charge is -2.42. The molecule has 5 rings (SSSR count). The highest BCUT2D eigenvalue weighted by Gasteiger charge is 2.60. The van der Waals surface area contributed by atoms with E-state index in [0.29, 0.717) is 17.8 Å². The number of nitrogens with zero attached hydrogens (tertiary/aromatic N) is 3. The van der Waals surface area contributed by atoms with E-state index in [2.05, 4.69) is 25.8 Å². The lowest BCUT2D eigenvalue weighted by Crippen LogP contribution is -2.42. The monoisotopic (exact) mass is 511 g/mol. The van der Waals surface area contributed by atoms with Gasteiger partial charge in [0.05, 0.1) is 53.6 Å². The minimum Gasteiger partial charge on any atom is -0.497 e. The Kier molecular flexibility index (Phi) is 6.40. The number of ether oxygens (including phenoxy) is 3. The molecule has 0 radical (unpaired) electrons. The summed E-state index contributed by atoms with van der Waals surface area (Å²) in [5.74, 6) is 2.45. The van der Waals surface area contributed by atoms with Gasteiger partial charge in [0.1, 0.15) is 18.2 Å². The smallest absolute Gasteiger partial charge is 0.202 e. The van der Waals surface area contributed by atoms with E-state index < -0.39 is 10.8 Å². The molecule has 2 aromatic heterocycles. The van der Waals surface area contributed by atoms with Crippen LogP contribution in [0.3, 0.4) is 0 Å². The van der Waals surface area contributed by atoms with E-state index in [1.807, 2.05) is 36.6 Å². The van der Waals surface area contributed by atoms with Crippen molar-refractivity contribution in [2.75, 3.05) is 14.2 Å². The van der Waals surface area contributed by atoms with Gasteiger partial charge in [-0.25, -0.2) is 4.98 Å². The predicted molar refractivity (Wildman–Crippen MR) is 141 cm³/mol. The van der Waals surface area contributed by atoms with Crippen LogP contribution in [0.1, 0.15) is 56.9 Å². The maximum absolute atomic E-state index is 13.8. The Hall–Kier alpha value is -2.45. The van der Waals surface area contributed by atoms with Crippen LogP contribution in [-0.2, 0) is 28.0 Å². The van der Waals surface area contributed by atoms with E-state index in [4.69, 9.17) is 19.2 Å². The summed E-state index contributed by atoms with van der Waals surface area (Å²) in [7, 11) is 1.86. The summed E-state index contributed by atoms with van der Waals surface area (Å²) < 4.78 is 33.5. The maximum atomic E-state index is 13.8. The van der Waals surface area contributed by atoms with Crippen molar-refractivity contribution in [2.45, 2.75) is 77.6 Å². The van der Waals surface area contributed by atoms with Crippen LogP contribution in [0.4, 0.5) is 0 Å². The SMILES string of the molecule is COc1ccc2nc(S(=O)Cc3ncc(C)c(OC)c3C)n(CO[C@@H]3C(C)(C)[C@H]4CC[C@]3(C)C4)c2c1. The molecule has 2 aliphatic carbocycles. The van der Waals surface area contributed by atoms with Crippen molar-refractivity contribution >= 4 is 21.8 Å². The molecular weight excluding hydrogens is 474 g/mol. The molecule has 0 aliphatic heterocycles. The first-order chi connectivity index (χ1) is 17.1. The van der Waals surface area contributed by atoms with Crippen molar-refractivity contribution in [1.29, 1.82) is 0 Å². The third-order valence-electron chi connectivity index (χ3n) is 8.65. The zero-order chi connectivity index (χ0) is 25.8. The number of methoxy groups -OCH3 is 2. The molecule has 36 heavy (non-hydrogen) atoms. The summed E-state index contributed by atoms with van der Waals surface area (Å²) in [6.45, 7) is 11.2. The first-order valence-corrected chi connectivity index (χ1v) is 13.9. The lowest BCUT2D eigenvalue weighted by molar-refractivity contribution is -0.114. The second kappa shape index (κ2) is 9.14. The van der Waals surface area contributed by atoms with Crippen LogP contribution < -0.4 is 9.47 Å². The molecule has 2 saturated carbocycles. The third kappa shape index (κ3) is 4.02. The van der Waals surface area contributed by atoms with E-state index in [1.54, 1.807) is 20.4 Å². The van der Waals surface area contributed by atoms with Gasteiger partial charge in [-0.1, -0.05) is 20.8 Å². The summed E-state index contributed by atoms with van der Waals surface area (Å²) in [5, 5.41) is 0.491.